The number of nitrogens with one attached hydrogen (secondary N) is 2. The molecule has 1 amide bonds. The fourth-order valence-electron chi connectivity index (χ4n) is 6.11. The Kier molecular flexibility index (Phi) is 6.70. The molecule has 0 saturated heterocycles. The molecule has 1 aromatic heterocycles. The fraction of sp³-hybridized carbons (Fsp3) is 0.714. The van der Waals surface area contributed by atoms with E-state index in [1.807, 2.05) is 13.1 Å². The minimum absolute atomic E-state index is 0. The molecule has 4 bridgehead atoms. The number of rotatable bonds is 7. The van der Waals surface area contributed by atoms with E-state index in [1.54, 1.807) is 6.20 Å². The molecule has 2 N–H and O–H groups in total. The molecule has 0 unspecified atom stereocenters. The molecule has 6 heteroatoms. The number of nitrogens with zero attached hydrogens (tertiary/aromatic N) is 1. The van der Waals surface area contributed by atoms with E-state index in [9.17, 15) is 4.79 Å². The molecule has 0 atom stereocenters. The van der Waals surface area contributed by atoms with Crippen LogP contribution >= 0.6 is 24.0 Å². The Morgan fingerprint density at radius 2 is 1.85 bits per heavy atom. The molecule has 150 valence electrons. The highest BCUT2D eigenvalue weighted by Gasteiger charge is 2.50. The largest absolute Gasteiger partial charge is 0.351 e. The van der Waals surface area contributed by atoms with Crippen molar-refractivity contribution >= 4 is 29.9 Å². The summed E-state index contributed by atoms with van der Waals surface area (Å²) in [7, 11) is 1.94. The third-order valence-electron chi connectivity index (χ3n) is 6.81. The van der Waals surface area contributed by atoms with Gasteiger partial charge < -0.3 is 10.6 Å². The van der Waals surface area contributed by atoms with Crippen LogP contribution in [0.25, 0.3) is 0 Å². The monoisotopic (exact) mass is 411 g/mol. The van der Waals surface area contributed by atoms with Crippen LogP contribution in [0, 0.1) is 23.2 Å². The quantitative estimate of drug-likeness (QED) is 0.659. The Hall–Kier alpha value is -0.840. The smallest absolute Gasteiger partial charge is 0.252 e. The van der Waals surface area contributed by atoms with E-state index in [1.165, 1.54) is 38.5 Å². The summed E-state index contributed by atoms with van der Waals surface area (Å²) in [6, 6.07) is 1.87. The molecular formula is C21H31Cl2N3O. The maximum atomic E-state index is 12.8. The van der Waals surface area contributed by atoms with Gasteiger partial charge in [-0.05, 0) is 94.2 Å². The zero-order valence-corrected chi connectivity index (χ0v) is 17.7. The van der Waals surface area contributed by atoms with Gasteiger partial charge in [0.2, 0.25) is 0 Å². The summed E-state index contributed by atoms with van der Waals surface area (Å²) < 4.78 is 0. The van der Waals surface area contributed by atoms with Gasteiger partial charge in [0.25, 0.3) is 5.91 Å². The third-order valence-corrected chi connectivity index (χ3v) is 7.11. The summed E-state index contributed by atoms with van der Waals surface area (Å²) >= 11 is 6.27. The standard InChI is InChI=1S/C21H30ClN3O.ClH/c1-23-4-2-3-17-8-18(19(22)12-24-17)20(26)25-13-21-9-14-5-15(10-21)7-16(6-14)11-21;/h8,12,14-16,23H,2-7,9-11,13H2,1H3,(H,25,26);1H. The van der Waals surface area contributed by atoms with Crippen molar-refractivity contribution in [3.8, 4) is 0 Å². The molecule has 1 heterocycles. The number of hydrogen-bond acceptors (Lipinski definition) is 3. The molecule has 4 fully saturated rings. The number of halogens is 2. The zero-order valence-electron chi connectivity index (χ0n) is 16.1. The predicted octanol–water partition coefficient (Wildman–Crippen LogP) is 4.26. The second-order valence-electron chi connectivity index (χ2n) is 8.96. The lowest BCUT2D eigenvalue weighted by Crippen LogP contribution is -2.51. The summed E-state index contributed by atoms with van der Waals surface area (Å²) in [6.45, 7) is 1.75. The number of carbonyl (C=O) groups excluding carboxylic acids is 1. The van der Waals surface area contributed by atoms with Gasteiger partial charge in [0.15, 0.2) is 0 Å². The number of aromatic nitrogens is 1. The van der Waals surface area contributed by atoms with E-state index in [0.717, 1.165) is 49.4 Å². The van der Waals surface area contributed by atoms with Crippen LogP contribution in [0.1, 0.15) is 61.0 Å². The number of hydrogen-bond donors (Lipinski definition) is 2. The van der Waals surface area contributed by atoms with Crippen LogP contribution in [0.5, 0.6) is 0 Å². The van der Waals surface area contributed by atoms with E-state index in [-0.39, 0.29) is 18.3 Å². The third kappa shape index (κ3) is 4.60. The topological polar surface area (TPSA) is 54.0 Å². The normalized spacial score (nSPS) is 30.8. The van der Waals surface area contributed by atoms with Crippen LogP contribution in [-0.4, -0.2) is 31.0 Å². The van der Waals surface area contributed by atoms with Gasteiger partial charge in [0.1, 0.15) is 0 Å². The molecule has 1 aromatic rings. The Morgan fingerprint density at radius 1 is 1.22 bits per heavy atom. The van der Waals surface area contributed by atoms with Gasteiger partial charge in [0.05, 0.1) is 10.6 Å². The molecular weight excluding hydrogens is 381 g/mol. The van der Waals surface area contributed by atoms with Gasteiger partial charge >= 0.3 is 0 Å². The van der Waals surface area contributed by atoms with E-state index in [2.05, 4.69) is 15.6 Å². The van der Waals surface area contributed by atoms with Crippen molar-refractivity contribution < 1.29 is 4.79 Å². The Balaban J connectivity index is 0.00000210. The van der Waals surface area contributed by atoms with Crippen LogP contribution in [0.15, 0.2) is 12.3 Å². The number of amides is 1. The molecule has 4 nitrogen and oxygen atoms in total. The first kappa shape index (κ1) is 20.9. The van der Waals surface area contributed by atoms with Gasteiger partial charge in [-0.2, -0.15) is 0 Å². The molecule has 4 aliphatic carbocycles. The lowest BCUT2D eigenvalue weighted by Gasteiger charge is -2.56. The number of carbonyl (C=O) groups is 1. The molecule has 0 radical (unpaired) electrons. The number of aryl methyl sites for hydroxylation is 1. The molecule has 4 aliphatic rings. The second-order valence-corrected chi connectivity index (χ2v) is 9.37. The first-order chi connectivity index (χ1) is 12.6. The van der Waals surface area contributed by atoms with Crippen molar-refractivity contribution in [1.29, 1.82) is 0 Å². The van der Waals surface area contributed by atoms with Crippen LogP contribution in [-0.2, 0) is 6.42 Å². The summed E-state index contributed by atoms with van der Waals surface area (Å²) in [6.07, 6.45) is 11.7. The average Bonchev–Trinajstić information content (AvgIpc) is 2.60. The summed E-state index contributed by atoms with van der Waals surface area (Å²) in [5.41, 5.74) is 1.86. The van der Waals surface area contributed by atoms with Crippen molar-refractivity contribution in [2.24, 2.45) is 23.2 Å². The first-order valence-corrected chi connectivity index (χ1v) is 10.5. The highest BCUT2D eigenvalue weighted by Crippen LogP contribution is 2.59. The van der Waals surface area contributed by atoms with E-state index >= 15 is 0 Å². The minimum Gasteiger partial charge on any atom is -0.351 e. The number of pyridine rings is 1. The molecule has 5 rings (SSSR count). The lowest BCUT2D eigenvalue weighted by molar-refractivity contribution is -0.0503. The van der Waals surface area contributed by atoms with Gasteiger partial charge in [-0.3, -0.25) is 9.78 Å². The zero-order chi connectivity index (χ0) is 18.1. The summed E-state index contributed by atoms with van der Waals surface area (Å²) in [4.78, 5) is 17.2. The Bertz CT molecular complexity index is 644. The van der Waals surface area contributed by atoms with Crippen molar-refractivity contribution in [1.82, 2.24) is 15.6 Å². The lowest BCUT2D eigenvalue weighted by atomic mass is 9.49. The minimum atomic E-state index is -0.0389. The summed E-state index contributed by atoms with van der Waals surface area (Å²) in [5, 5.41) is 6.81. The van der Waals surface area contributed by atoms with Gasteiger partial charge in [0, 0.05) is 18.4 Å². The van der Waals surface area contributed by atoms with E-state index in [0.29, 0.717) is 16.0 Å². The van der Waals surface area contributed by atoms with E-state index in [4.69, 9.17) is 11.6 Å². The highest BCUT2D eigenvalue weighted by molar-refractivity contribution is 6.33. The van der Waals surface area contributed by atoms with Crippen LogP contribution in [0.2, 0.25) is 5.02 Å². The van der Waals surface area contributed by atoms with Crippen LogP contribution in [0.4, 0.5) is 0 Å². The van der Waals surface area contributed by atoms with Crippen LogP contribution in [0.3, 0.4) is 0 Å². The SMILES string of the molecule is CNCCCc1cc(C(=O)NCC23CC4CC(CC(C4)C2)C3)c(Cl)cn1.Cl. The van der Waals surface area contributed by atoms with Crippen molar-refractivity contribution in [2.75, 3.05) is 20.1 Å². The molecule has 27 heavy (non-hydrogen) atoms. The van der Waals surface area contributed by atoms with E-state index < -0.39 is 0 Å². The van der Waals surface area contributed by atoms with Gasteiger partial charge in [-0.25, -0.2) is 0 Å². The molecule has 0 aliphatic heterocycles. The van der Waals surface area contributed by atoms with Crippen LogP contribution < -0.4 is 10.6 Å². The molecule has 0 aromatic carbocycles. The Morgan fingerprint density at radius 3 is 2.44 bits per heavy atom. The maximum absolute atomic E-state index is 12.8. The van der Waals surface area contributed by atoms with Crippen molar-refractivity contribution in [2.45, 2.75) is 51.4 Å². The first-order valence-electron chi connectivity index (χ1n) is 10.1. The second kappa shape index (κ2) is 8.67. The van der Waals surface area contributed by atoms with Gasteiger partial charge in [-0.15, -0.1) is 12.4 Å². The maximum Gasteiger partial charge on any atom is 0.252 e. The predicted molar refractivity (Wildman–Crippen MR) is 112 cm³/mol. The van der Waals surface area contributed by atoms with Gasteiger partial charge in [-0.1, -0.05) is 11.6 Å². The molecule has 4 saturated carbocycles. The van der Waals surface area contributed by atoms with Crippen molar-refractivity contribution in [3.63, 3.8) is 0 Å². The molecule has 0 spiro atoms. The summed E-state index contributed by atoms with van der Waals surface area (Å²) in [5.74, 6) is 2.67. The fourth-order valence-corrected chi connectivity index (χ4v) is 6.30. The van der Waals surface area contributed by atoms with Crippen molar-refractivity contribution in [3.05, 3.63) is 28.5 Å². The highest BCUT2D eigenvalue weighted by atomic mass is 35.5. The Labute approximate surface area is 173 Å². The average molecular weight is 412 g/mol.